The number of aromatic nitrogens is 1. The van der Waals surface area contributed by atoms with Crippen molar-refractivity contribution in [2.24, 2.45) is 0 Å². The van der Waals surface area contributed by atoms with Crippen molar-refractivity contribution in [1.82, 2.24) is 14.8 Å². The third-order valence-corrected chi connectivity index (χ3v) is 8.04. The van der Waals surface area contributed by atoms with E-state index in [1.807, 2.05) is 13.0 Å². The highest BCUT2D eigenvalue weighted by Crippen LogP contribution is 2.35. The first-order chi connectivity index (χ1) is 17.9. The Morgan fingerprint density at radius 2 is 1.79 bits per heavy atom. The van der Waals surface area contributed by atoms with Gasteiger partial charge in [0.05, 0.1) is 5.56 Å². The molecule has 0 saturated heterocycles. The molecule has 38 heavy (non-hydrogen) atoms. The molecule has 1 aliphatic carbocycles. The molecule has 0 unspecified atom stereocenters. The summed E-state index contributed by atoms with van der Waals surface area (Å²) in [6, 6.07) is 5.18. The van der Waals surface area contributed by atoms with Crippen LogP contribution in [0.2, 0.25) is 5.02 Å². The molecule has 1 aliphatic heterocycles. The van der Waals surface area contributed by atoms with Crippen LogP contribution in [0.15, 0.2) is 29.1 Å². The smallest absolute Gasteiger partial charge is 0.369 e. The molecule has 2 aromatic rings. The molecule has 0 radical (unpaired) electrons. The average Bonchev–Trinajstić information content (AvgIpc) is 3.34. The van der Waals surface area contributed by atoms with Crippen molar-refractivity contribution < 1.29 is 18.0 Å². The van der Waals surface area contributed by atoms with E-state index in [0.29, 0.717) is 22.7 Å². The normalized spacial score (nSPS) is 19.1. The summed E-state index contributed by atoms with van der Waals surface area (Å²) < 4.78 is 42.6. The van der Waals surface area contributed by atoms with Gasteiger partial charge in [0.25, 0.3) is 11.5 Å². The van der Waals surface area contributed by atoms with E-state index < -0.39 is 35.3 Å². The highest BCUT2D eigenvalue weighted by Gasteiger charge is 2.36. The number of carbonyl (C=O) groups excluding carboxylic acids is 1. The Morgan fingerprint density at radius 1 is 1.13 bits per heavy atom. The number of pyridine rings is 1. The number of anilines is 1. The first-order valence-electron chi connectivity index (χ1n) is 12.9. The van der Waals surface area contributed by atoms with E-state index in [1.165, 1.54) is 16.7 Å². The van der Waals surface area contributed by atoms with Crippen LogP contribution in [0.3, 0.4) is 0 Å². The number of halogens is 4. The maximum Gasteiger partial charge on any atom is 0.417 e. The second-order valence-electron chi connectivity index (χ2n) is 10.3. The van der Waals surface area contributed by atoms with Gasteiger partial charge in [-0.2, -0.15) is 13.2 Å². The zero-order valence-corrected chi connectivity index (χ0v) is 22.9. The van der Waals surface area contributed by atoms with Gasteiger partial charge < -0.3 is 19.7 Å². The summed E-state index contributed by atoms with van der Waals surface area (Å²) in [5.41, 5.74) is -0.237. The lowest BCUT2D eigenvalue weighted by Crippen LogP contribution is -2.42. The predicted molar refractivity (Wildman–Crippen MR) is 145 cm³/mol. The number of hydrogen-bond donors (Lipinski definition) is 1. The second-order valence-corrected chi connectivity index (χ2v) is 10.7. The summed E-state index contributed by atoms with van der Waals surface area (Å²) in [7, 11) is 4.20. The molecule has 10 heteroatoms. The quantitative estimate of drug-likeness (QED) is 0.496. The fourth-order valence-electron chi connectivity index (χ4n) is 5.71. The Morgan fingerprint density at radius 3 is 2.39 bits per heavy atom. The van der Waals surface area contributed by atoms with Gasteiger partial charge in [-0.1, -0.05) is 17.7 Å². The van der Waals surface area contributed by atoms with Crippen LogP contribution >= 0.6 is 11.6 Å². The summed E-state index contributed by atoms with van der Waals surface area (Å²) in [4.78, 5) is 30.6. The van der Waals surface area contributed by atoms with Gasteiger partial charge in [-0.3, -0.25) is 9.59 Å². The molecule has 0 spiro atoms. The minimum absolute atomic E-state index is 0.201. The molecule has 1 amide bonds. The van der Waals surface area contributed by atoms with E-state index in [1.54, 1.807) is 6.08 Å². The van der Waals surface area contributed by atoms with Gasteiger partial charge >= 0.3 is 6.18 Å². The highest BCUT2D eigenvalue weighted by molar-refractivity contribution is 6.31. The van der Waals surface area contributed by atoms with Crippen LogP contribution in [0.5, 0.6) is 0 Å². The lowest BCUT2D eigenvalue weighted by molar-refractivity contribution is -0.138. The Hall–Kier alpha value is -2.78. The summed E-state index contributed by atoms with van der Waals surface area (Å²) in [6.45, 7) is 4.28. The first kappa shape index (κ1) is 28.2. The average molecular weight is 551 g/mol. The largest absolute Gasteiger partial charge is 0.417 e. The molecule has 206 valence electrons. The summed E-state index contributed by atoms with van der Waals surface area (Å²) in [6.07, 6.45) is 2.58. The summed E-state index contributed by atoms with van der Waals surface area (Å²) in [5, 5.41) is 2.93. The standard InChI is InChI=1S/C28H34ClF3N4O2/c1-5-35(20-10-8-19(9-11-20)34(3)4)25-14-18(29)13-22(17(25)2)26(37)33-16-23-24(28(30,31)32)15-21-7-6-12-36(21)27(23)38/h6-7,13-15,19-20H,5,8-12,16H2,1-4H3,(H,33,37). The topological polar surface area (TPSA) is 57.6 Å². The Kier molecular flexibility index (Phi) is 8.28. The van der Waals surface area contributed by atoms with E-state index in [9.17, 15) is 22.8 Å². The number of nitrogens with one attached hydrogen (secondary N) is 1. The number of carbonyl (C=O) groups is 1. The van der Waals surface area contributed by atoms with Crippen molar-refractivity contribution in [3.63, 3.8) is 0 Å². The summed E-state index contributed by atoms with van der Waals surface area (Å²) >= 11 is 6.44. The van der Waals surface area contributed by atoms with Crippen LogP contribution in [0.25, 0.3) is 6.08 Å². The van der Waals surface area contributed by atoms with Crippen molar-refractivity contribution in [2.75, 3.05) is 25.5 Å². The number of benzene rings is 1. The van der Waals surface area contributed by atoms with Gasteiger partial charge in [-0.15, -0.1) is 0 Å². The lowest BCUT2D eigenvalue weighted by Gasteiger charge is -2.40. The van der Waals surface area contributed by atoms with Crippen LogP contribution in [0, 0.1) is 6.92 Å². The van der Waals surface area contributed by atoms with E-state index in [2.05, 4.69) is 36.1 Å². The molecule has 1 aromatic carbocycles. The van der Waals surface area contributed by atoms with Crippen molar-refractivity contribution in [3.05, 3.63) is 67.6 Å². The van der Waals surface area contributed by atoms with Gasteiger partial charge in [0.15, 0.2) is 0 Å². The van der Waals surface area contributed by atoms with Crippen LogP contribution in [0.1, 0.15) is 65.3 Å². The minimum atomic E-state index is -4.72. The highest BCUT2D eigenvalue weighted by atomic mass is 35.5. The molecule has 6 nitrogen and oxygen atoms in total. The van der Waals surface area contributed by atoms with Crippen LogP contribution in [0.4, 0.5) is 18.9 Å². The van der Waals surface area contributed by atoms with Crippen LogP contribution < -0.4 is 15.8 Å². The second kappa shape index (κ2) is 11.1. The molecule has 1 aromatic heterocycles. The maximum atomic E-state index is 13.8. The first-order valence-corrected chi connectivity index (χ1v) is 13.3. The van der Waals surface area contributed by atoms with E-state index in [4.69, 9.17) is 11.6 Å². The van der Waals surface area contributed by atoms with Crippen molar-refractivity contribution in [2.45, 2.75) is 70.9 Å². The molecule has 4 rings (SSSR count). The molecule has 0 bridgehead atoms. The number of rotatable bonds is 7. The SMILES string of the molecule is CCN(c1cc(Cl)cc(C(=O)NCc2c(C(F)(F)F)cc3n(c2=O)CC=C3)c1C)C1CCC(N(C)C)CC1. The molecule has 1 N–H and O–H groups in total. The Labute approximate surface area is 226 Å². The molecular weight excluding hydrogens is 517 g/mol. The molecule has 0 atom stereocenters. The fraction of sp³-hybridized carbons (Fsp3) is 0.500. The van der Waals surface area contributed by atoms with Gasteiger partial charge in [0.2, 0.25) is 0 Å². The van der Waals surface area contributed by atoms with Crippen LogP contribution in [-0.4, -0.2) is 48.1 Å². The maximum absolute atomic E-state index is 13.8. The Bertz CT molecular complexity index is 1290. The number of amides is 1. The predicted octanol–water partition coefficient (Wildman–Crippen LogP) is 5.48. The van der Waals surface area contributed by atoms with Crippen molar-refractivity contribution in [3.8, 4) is 0 Å². The van der Waals surface area contributed by atoms with E-state index in [0.717, 1.165) is 44.0 Å². The number of nitrogens with zero attached hydrogens (tertiary/aromatic N) is 3. The van der Waals surface area contributed by atoms with Gasteiger partial charge in [0, 0.05) is 59.2 Å². The zero-order chi connectivity index (χ0) is 27.8. The Balaban J connectivity index is 1.59. The number of allylic oxidation sites excluding steroid dienone is 1. The van der Waals surface area contributed by atoms with Gasteiger partial charge in [-0.05, 0) is 83.5 Å². The zero-order valence-electron chi connectivity index (χ0n) is 22.2. The number of fused-ring (bicyclic) bond motifs is 1. The van der Waals surface area contributed by atoms with E-state index in [-0.39, 0.29) is 17.8 Å². The lowest BCUT2D eigenvalue weighted by atomic mass is 9.89. The third-order valence-electron chi connectivity index (χ3n) is 7.82. The monoisotopic (exact) mass is 550 g/mol. The molecule has 1 saturated carbocycles. The van der Waals surface area contributed by atoms with Crippen molar-refractivity contribution >= 4 is 29.3 Å². The minimum Gasteiger partial charge on any atom is -0.369 e. The molecule has 2 heterocycles. The number of alkyl halides is 3. The summed E-state index contributed by atoms with van der Waals surface area (Å²) in [5.74, 6) is -0.574. The van der Waals surface area contributed by atoms with Gasteiger partial charge in [-0.25, -0.2) is 0 Å². The third kappa shape index (κ3) is 5.64. The van der Waals surface area contributed by atoms with Crippen molar-refractivity contribution in [1.29, 1.82) is 0 Å². The molecule has 2 aliphatic rings. The van der Waals surface area contributed by atoms with Crippen LogP contribution in [-0.2, 0) is 19.3 Å². The molecular formula is C28H34ClF3N4O2. The van der Waals surface area contributed by atoms with Gasteiger partial charge in [0.1, 0.15) is 0 Å². The van der Waals surface area contributed by atoms with E-state index >= 15 is 0 Å². The number of hydrogen-bond acceptors (Lipinski definition) is 4. The fourth-order valence-corrected chi connectivity index (χ4v) is 5.92. The molecule has 1 fully saturated rings.